The topological polar surface area (TPSA) is 80.9 Å². The van der Waals surface area contributed by atoms with E-state index in [-0.39, 0.29) is 49.7 Å². The average molecular weight is 749 g/mol. The Morgan fingerprint density at radius 2 is 0.527 bits per heavy atom. The Morgan fingerprint density at radius 3 is 0.764 bits per heavy atom. The molecule has 300 valence electrons. The molecule has 4 nitrogen and oxygen atoms in total. The lowest BCUT2D eigenvalue weighted by atomic mass is 9.77. The van der Waals surface area contributed by atoms with Gasteiger partial charge in [0.25, 0.3) is 0 Å². The summed E-state index contributed by atoms with van der Waals surface area (Å²) in [6.45, 7) is 38.7. The number of phenols is 4. The molecule has 4 rings (SSSR count). The van der Waals surface area contributed by atoms with Crippen molar-refractivity contribution < 1.29 is 20.4 Å². The van der Waals surface area contributed by atoms with Crippen LogP contribution < -0.4 is 0 Å². The van der Waals surface area contributed by atoms with Crippen molar-refractivity contribution in [2.24, 2.45) is 0 Å². The first kappa shape index (κ1) is 43.8. The third kappa shape index (κ3) is 9.91. The van der Waals surface area contributed by atoms with Crippen LogP contribution in [0.4, 0.5) is 0 Å². The maximum Gasteiger partial charge on any atom is 0.122 e. The van der Waals surface area contributed by atoms with Crippen molar-refractivity contribution >= 4 is 0 Å². The lowest BCUT2D eigenvalue weighted by Gasteiger charge is -2.28. The van der Waals surface area contributed by atoms with Gasteiger partial charge in [-0.25, -0.2) is 0 Å². The number of hydrogen-bond donors (Lipinski definition) is 4. The van der Waals surface area contributed by atoms with Crippen LogP contribution in [0.5, 0.6) is 23.0 Å². The first-order valence-corrected chi connectivity index (χ1v) is 20.1. The highest BCUT2D eigenvalue weighted by molar-refractivity contribution is 5.57. The molecule has 4 aromatic carbocycles. The number of aromatic hydroxyl groups is 4. The smallest absolute Gasteiger partial charge is 0.122 e. The molecule has 0 radical (unpaired) electrons. The monoisotopic (exact) mass is 749 g/mol. The molecule has 0 aromatic heterocycles. The number of benzene rings is 4. The van der Waals surface area contributed by atoms with E-state index in [9.17, 15) is 20.4 Å². The summed E-state index contributed by atoms with van der Waals surface area (Å²) in [7, 11) is 0. The van der Waals surface area contributed by atoms with Gasteiger partial charge in [0.15, 0.2) is 0 Å². The van der Waals surface area contributed by atoms with E-state index in [0.717, 1.165) is 55.6 Å². The van der Waals surface area contributed by atoms with Crippen LogP contribution in [0.3, 0.4) is 0 Å². The highest BCUT2D eigenvalue weighted by atomic mass is 16.3. The van der Waals surface area contributed by atoms with Crippen LogP contribution in [0.25, 0.3) is 0 Å². The molecule has 55 heavy (non-hydrogen) atoms. The van der Waals surface area contributed by atoms with E-state index in [0.29, 0.717) is 36.1 Å². The van der Waals surface area contributed by atoms with E-state index in [1.165, 1.54) is 0 Å². The molecular weight excluding hydrogens is 677 g/mol. The minimum absolute atomic E-state index is 0.131. The zero-order valence-electron chi connectivity index (χ0n) is 37.5. The van der Waals surface area contributed by atoms with Crippen LogP contribution in [0.15, 0.2) is 48.5 Å². The summed E-state index contributed by atoms with van der Waals surface area (Å²) in [5.41, 5.74) is 9.44. The van der Waals surface area contributed by atoms with Crippen molar-refractivity contribution in [2.45, 2.75) is 176 Å². The van der Waals surface area contributed by atoms with Crippen LogP contribution >= 0.6 is 0 Å². The minimum Gasteiger partial charge on any atom is -0.507 e. The molecule has 0 amide bonds. The van der Waals surface area contributed by atoms with E-state index in [4.69, 9.17) is 0 Å². The van der Waals surface area contributed by atoms with Gasteiger partial charge in [-0.3, -0.25) is 0 Å². The fourth-order valence-corrected chi connectivity index (χ4v) is 7.34. The van der Waals surface area contributed by atoms with Gasteiger partial charge < -0.3 is 20.4 Å². The number of hydrogen-bond acceptors (Lipinski definition) is 4. The van der Waals surface area contributed by atoms with Crippen LogP contribution in [-0.4, -0.2) is 20.4 Å². The third-order valence-electron chi connectivity index (χ3n) is 11.1. The summed E-state index contributed by atoms with van der Waals surface area (Å²) in [6.07, 6.45) is 1.07. The van der Waals surface area contributed by atoms with Gasteiger partial charge in [0.05, 0.1) is 0 Å². The van der Waals surface area contributed by atoms with Crippen LogP contribution in [0.1, 0.15) is 191 Å². The summed E-state index contributed by atoms with van der Waals surface area (Å²) in [4.78, 5) is 0. The van der Waals surface area contributed by atoms with Crippen LogP contribution in [-0.2, 0) is 51.8 Å². The number of phenolic OH excluding ortho intramolecular Hbond substituents is 4. The molecule has 0 atom stereocenters. The first-order valence-electron chi connectivity index (χ1n) is 20.1. The van der Waals surface area contributed by atoms with E-state index in [2.05, 4.69) is 161 Å². The van der Waals surface area contributed by atoms with Crippen molar-refractivity contribution in [3.63, 3.8) is 0 Å². The van der Waals surface area contributed by atoms with Crippen molar-refractivity contribution in [3.05, 3.63) is 115 Å². The second-order valence-corrected chi connectivity index (χ2v) is 22.4. The number of rotatable bonds is 6. The van der Waals surface area contributed by atoms with Gasteiger partial charge in [0.1, 0.15) is 23.0 Å². The highest BCUT2D eigenvalue weighted by Crippen LogP contribution is 2.44. The SMILES string of the molecule is CC(C)(C)c1cc(Cc2cc(Cc3cc(C(C)(C)C)cc(C(C)(C)C)c3O)c(O)c(Cc3cc(C(C)(C)C)cc(C(C)(C)C)c3O)c2)c(O)c(C(C)(C)C)c1. The van der Waals surface area contributed by atoms with Crippen molar-refractivity contribution in [1.29, 1.82) is 0 Å². The Kier molecular flexibility index (Phi) is 11.6. The summed E-state index contributed by atoms with van der Waals surface area (Å²) in [5.74, 6) is 0.958. The molecule has 0 aliphatic rings. The van der Waals surface area contributed by atoms with Crippen molar-refractivity contribution in [3.8, 4) is 23.0 Å². The predicted octanol–water partition coefficient (Wildman–Crippen LogP) is 13.1. The average Bonchev–Trinajstić information content (AvgIpc) is 2.98. The highest BCUT2D eigenvalue weighted by Gasteiger charge is 2.29. The van der Waals surface area contributed by atoms with E-state index < -0.39 is 0 Å². The lowest BCUT2D eigenvalue weighted by Crippen LogP contribution is -2.18. The molecule has 0 bridgehead atoms. The molecule has 0 aliphatic heterocycles. The standard InChI is InChI=1S/C51H72O4/c1-46(2,3)36-24-33(43(53)39(27-36)49(10,11)12)21-30-19-31(22-34-25-37(47(4,5)6)28-40(44(34)54)50(13,14)15)42(52)32(20-30)23-35-26-38(48(7,8)9)29-41(45(35)55)51(16,17)18/h19-20,24-29,52-55H,21-23H2,1-18H3. The van der Waals surface area contributed by atoms with Gasteiger partial charge in [-0.15, -0.1) is 0 Å². The second kappa shape index (κ2) is 14.5. The summed E-state index contributed by atoms with van der Waals surface area (Å²) >= 11 is 0. The van der Waals surface area contributed by atoms with Gasteiger partial charge >= 0.3 is 0 Å². The zero-order valence-corrected chi connectivity index (χ0v) is 37.5. The maximum atomic E-state index is 12.2. The zero-order chi connectivity index (χ0) is 42.0. The van der Waals surface area contributed by atoms with Crippen molar-refractivity contribution in [1.82, 2.24) is 0 Å². The van der Waals surface area contributed by atoms with Gasteiger partial charge in [-0.1, -0.05) is 173 Å². The molecule has 0 fully saturated rings. The quantitative estimate of drug-likeness (QED) is 0.158. The molecule has 4 heteroatoms. The first-order chi connectivity index (χ1) is 24.7. The van der Waals surface area contributed by atoms with Gasteiger partial charge in [0, 0.05) is 19.3 Å². The van der Waals surface area contributed by atoms with Gasteiger partial charge in [-0.2, -0.15) is 0 Å². The fourth-order valence-electron chi connectivity index (χ4n) is 7.34. The van der Waals surface area contributed by atoms with Gasteiger partial charge in [-0.05, 0) is 99.3 Å². The Balaban J connectivity index is 2.04. The molecule has 4 aromatic rings. The molecule has 0 aliphatic carbocycles. The molecule has 0 saturated carbocycles. The van der Waals surface area contributed by atoms with Gasteiger partial charge in [0.2, 0.25) is 0 Å². The van der Waals surface area contributed by atoms with Crippen molar-refractivity contribution in [2.75, 3.05) is 0 Å². The largest absolute Gasteiger partial charge is 0.507 e. The van der Waals surface area contributed by atoms with E-state index >= 15 is 0 Å². The summed E-state index contributed by atoms with van der Waals surface area (Å²) < 4.78 is 0. The van der Waals surface area contributed by atoms with Crippen LogP contribution in [0.2, 0.25) is 0 Å². The third-order valence-corrected chi connectivity index (χ3v) is 11.1. The maximum absolute atomic E-state index is 12.2. The summed E-state index contributed by atoms with van der Waals surface area (Å²) in [6, 6.07) is 16.7. The molecule has 0 saturated heterocycles. The Labute approximate surface area is 334 Å². The molecule has 4 N–H and O–H groups in total. The predicted molar refractivity (Wildman–Crippen MR) is 233 cm³/mol. The summed E-state index contributed by atoms with van der Waals surface area (Å²) in [5, 5.41) is 47.7. The minimum atomic E-state index is -0.296. The normalized spacial score (nSPS) is 13.4. The Morgan fingerprint density at radius 1 is 0.291 bits per heavy atom. The van der Waals surface area contributed by atoms with E-state index in [1.807, 2.05) is 12.1 Å². The van der Waals surface area contributed by atoms with Crippen LogP contribution in [0, 0.1) is 0 Å². The fraction of sp³-hybridized carbons (Fsp3) is 0.529. The second-order valence-electron chi connectivity index (χ2n) is 22.4. The Hall–Kier alpha value is -3.92. The molecular formula is C51H72O4. The Bertz CT molecular complexity index is 1950. The molecule has 0 heterocycles. The van der Waals surface area contributed by atoms with E-state index in [1.54, 1.807) is 0 Å². The molecule has 0 spiro atoms. The molecule has 0 unspecified atom stereocenters. The lowest BCUT2D eigenvalue weighted by molar-refractivity contribution is 0.436.